The van der Waals surface area contributed by atoms with Gasteiger partial charge < -0.3 is 4.74 Å². The van der Waals surface area contributed by atoms with Crippen LogP contribution < -0.4 is 5.32 Å². The van der Waals surface area contributed by atoms with Crippen LogP contribution in [0.15, 0.2) is 24.5 Å². The third-order valence-electron chi connectivity index (χ3n) is 1.92. The predicted octanol–water partition coefficient (Wildman–Crippen LogP) is 1.51. The Kier molecular flexibility index (Phi) is 4.15. The lowest BCUT2D eigenvalue weighted by atomic mass is 10.2. The first-order valence-electron chi connectivity index (χ1n) is 4.22. The van der Waals surface area contributed by atoms with E-state index in [-0.39, 0.29) is 18.6 Å². The molecule has 0 bridgehead atoms. The number of halogens is 1. The van der Waals surface area contributed by atoms with Crippen molar-refractivity contribution in [2.45, 2.75) is 12.6 Å². The molecule has 1 saturated heterocycles. The van der Waals surface area contributed by atoms with Crippen LogP contribution in [0.25, 0.3) is 0 Å². The van der Waals surface area contributed by atoms with Gasteiger partial charge in [-0.15, -0.1) is 12.4 Å². The van der Waals surface area contributed by atoms with Crippen molar-refractivity contribution in [1.29, 1.82) is 0 Å². The van der Waals surface area contributed by atoms with Crippen LogP contribution in [-0.4, -0.2) is 18.1 Å². The molecule has 1 aromatic heterocycles. The summed E-state index contributed by atoms with van der Waals surface area (Å²) >= 11 is 0. The minimum Gasteiger partial charge on any atom is -0.359 e. The van der Waals surface area contributed by atoms with Crippen molar-refractivity contribution in [3.63, 3.8) is 0 Å². The number of nitrogens with zero attached hydrogens (tertiary/aromatic N) is 1. The Morgan fingerprint density at radius 3 is 3.08 bits per heavy atom. The first-order valence-corrected chi connectivity index (χ1v) is 4.22. The fraction of sp³-hybridized carbons (Fsp3) is 0.444. The van der Waals surface area contributed by atoms with E-state index in [4.69, 9.17) is 4.74 Å². The summed E-state index contributed by atoms with van der Waals surface area (Å²) in [7, 11) is 0. The number of rotatable bonds is 1. The van der Waals surface area contributed by atoms with Gasteiger partial charge in [0.2, 0.25) is 0 Å². The van der Waals surface area contributed by atoms with Gasteiger partial charge in [-0.05, 0) is 12.5 Å². The Labute approximate surface area is 83.9 Å². The van der Waals surface area contributed by atoms with Gasteiger partial charge in [0.05, 0.1) is 6.61 Å². The maximum absolute atomic E-state index is 5.51. The topological polar surface area (TPSA) is 34.2 Å². The number of hydrogen-bond donors (Lipinski definition) is 1. The van der Waals surface area contributed by atoms with Gasteiger partial charge in [-0.3, -0.25) is 10.3 Å². The Morgan fingerprint density at radius 2 is 2.46 bits per heavy atom. The number of hydrogen-bond acceptors (Lipinski definition) is 3. The average molecular weight is 201 g/mol. The van der Waals surface area contributed by atoms with Crippen molar-refractivity contribution in [1.82, 2.24) is 10.3 Å². The summed E-state index contributed by atoms with van der Waals surface area (Å²) in [5, 5.41) is 3.27. The van der Waals surface area contributed by atoms with E-state index >= 15 is 0 Å². The van der Waals surface area contributed by atoms with Crippen LogP contribution >= 0.6 is 12.4 Å². The highest BCUT2D eigenvalue weighted by Crippen LogP contribution is 2.15. The van der Waals surface area contributed by atoms with E-state index in [1.54, 1.807) is 6.20 Å². The molecule has 1 aromatic rings. The average Bonchev–Trinajstić information content (AvgIpc) is 2.21. The van der Waals surface area contributed by atoms with Crippen LogP contribution in [0.1, 0.15) is 18.2 Å². The van der Waals surface area contributed by atoms with Crippen LogP contribution in [0.4, 0.5) is 0 Å². The molecule has 0 aliphatic carbocycles. The molecule has 1 aliphatic rings. The van der Waals surface area contributed by atoms with Crippen molar-refractivity contribution in [2.75, 3.05) is 13.2 Å². The monoisotopic (exact) mass is 200 g/mol. The second-order valence-corrected chi connectivity index (χ2v) is 2.84. The maximum Gasteiger partial charge on any atom is 0.135 e. The second kappa shape index (κ2) is 5.17. The molecule has 0 amide bonds. The minimum atomic E-state index is 0. The van der Waals surface area contributed by atoms with Crippen molar-refractivity contribution in [2.24, 2.45) is 0 Å². The van der Waals surface area contributed by atoms with Gasteiger partial charge in [0.1, 0.15) is 6.23 Å². The number of pyridine rings is 1. The van der Waals surface area contributed by atoms with Crippen molar-refractivity contribution in [3.8, 4) is 0 Å². The van der Waals surface area contributed by atoms with Crippen molar-refractivity contribution < 1.29 is 4.74 Å². The molecule has 0 radical (unpaired) electrons. The molecule has 1 aliphatic heterocycles. The minimum absolute atomic E-state index is 0. The molecule has 0 spiro atoms. The molecule has 4 heteroatoms. The second-order valence-electron chi connectivity index (χ2n) is 2.84. The lowest BCUT2D eigenvalue weighted by Gasteiger charge is -2.23. The Bertz CT molecular complexity index is 237. The first kappa shape index (κ1) is 10.4. The molecule has 13 heavy (non-hydrogen) atoms. The van der Waals surface area contributed by atoms with E-state index in [1.807, 2.05) is 18.3 Å². The zero-order valence-electron chi connectivity index (χ0n) is 7.27. The quantitative estimate of drug-likeness (QED) is 0.747. The van der Waals surface area contributed by atoms with E-state index in [0.717, 1.165) is 25.1 Å². The molecule has 1 fully saturated rings. The van der Waals surface area contributed by atoms with Crippen LogP contribution in [0, 0.1) is 0 Å². The standard InChI is InChI=1S/C9H12N2O.ClH/c1-3-8(7-10-4-1)9-11-5-2-6-12-9;/h1,3-4,7,9,11H,2,5-6H2;1H. The third kappa shape index (κ3) is 2.66. The van der Waals surface area contributed by atoms with Gasteiger partial charge in [0.25, 0.3) is 0 Å². The molecule has 3 nitrogen and oxygen atoms in total. The summed E-state index contributed by atoms with van der Waals surface area (Å²) in [5.41, 5.74) is 1.11. The molecular weight excluding hydrogens is 188 g/mol. The highest BCUT2D eigenvalue weighted by atomic mass is 35.5. The van der Waals surface area contributed by atoms with Crippen LogP contribution in [0.2, 0.25) is 0 Å². The summed E-state index contributed by atoms with van der Waals surface area (Å²) in [4.78, 5) is 4.04. The Morgan fingerprint density at radius 1 is 1.54 bits per heavy atom. The highest BCUT2D eigenvalue weighted by molar-refractivity contribution is 5.85. The summed E-state index contributed by atoms with van der Waals surface area (Å²) in [5.74, 6) is 0. The largest absolute Gasteiger partial charge is 0.359 e. The van der Waals surface area contributed by atoms with Gasteiger partial charge in [0, 0.05) is 24.5 Å². The van der Waals surface area contributed by atoms with E-state index in [2.05, 4.69) is 10.3 Å². The highest BCUT2D eigenvalue weighted by Gasteiger charge is 2.14. The lowest BCUT2D eigenvalue weighted by molar-refractivity contribution is -0.000511. The van der Waals surface area contributed by atoms with E-state index < -0.39 is 0 Å². The van der Waals surface area contributed by atoms with E-state index in [1.165, 1.54) is 0 Å². The summed E-state index contributed by atoms with van der Waals surface area (Å²) in [6.45, 7) is 1.87. The van der Waals surface area contributed by atoms with Crippen molar-refractivity contribution in [3.05, 3.63) is 30.1 Å². The number of ether oxygens (including phenoxy) is 1. The molecule has 1 atom stereocenters. The molecule has 0 saturated carbocycles. The number of aromatic nitrogens is 1. The van der Waals surface area contributed by atoms with E-state index in [0.29, 0.717) is 0 Å². The van der Waals surface area contributed by atoms with Gasteiger partial charge in [-0.1, -0.05) is 6.07 Å². The van der Waals surface area contributed by atoms with Crippen LogP contribution in [0.3, 0.4) is 0 Å². The van der Waals surface area contributed by atoms with Crippen molar-refractivity contribution >= 4 is 12.4 Å². The molecular formula is C9H13ClN2O. The normalized spacial score (nSPS) is 22.0. The van der Waals surface area contributed by atoms with Gasteiger partial charge in [-0.25, -0.2) is 0 Å². The Balaban J connectivity index is 0.000000845. The van der Waals surface area contributed by atoms with Gasteiger partial charge in [-0.2, -0.15) is 0 Å². The van der Waals surface area contributed by atoms with Crippen LogP contribution in [-0.2, 0) is 4.74 Å². The van der Waals surface area contributed by atoms with E-state index in [9.17, 15) is 0 Å². The summed E-state index contributed by atoms with van der Waals surface area (Å²) in [6.07, 6.45) is 4.75. The van der Waals surface area contributed by atoms with Gasteiger partial charge in [0.15, 0.2) is 0 Å². The smallest absolute Gasteiger partial charge is 0.135 e. The molecule has 1 N–H and O–H groups in total. The zero-order chi connectivity index (χ0) is 8.23. The lowest BCUT2D eigenvalue weighted by Crippen LogP contribution is -2.31. The first-order chi connectivity index (χ1) is 5.97. The van der Waals surface area contributed by atoms with Gasteiger partial charge >= 0.3 is 0 Å². The molecule has 1 unspecified atom stereocenters. The maximum atomic E-state index is 5.51. The fourth-order valence-corrected chi connectivity index (χ4v) is 1.31. The molecule has 2 heterocycles. The third-order valence-corrected chi connectivity index (χ3v) is 1.92. The SMILES string of the molecule is Cl.c1cncc(C2NCCCO2)c1. The zero-order valence-corrected chi connectivity index (χ0v) is 8.09. The Hall–Kier alpha value is -0.640. The fourth-order valence-electron chi connectivity index (χ4n) is 1.31. The molecule has 2 rings (SSSR count). The predicted molar refractivity (Wildman–Crippen MR) is 52.8 cm³/mol. The number of nitrogens with one attached hydrogen (secondary N) is 1. The molecule has 0 aromatic carbocycles. The van der Waals surface area contributed by atoms with Crippen LogP contribution in [0.5, 0.6) is 0 Å². The summed E-state index contributed by atoms with van der Waals surface area (Å²) < 4.78 is 5.51. The molecule has 72 valence electrons. The summed E-state index contributed by atoms with van der Waals surface area (Å²) in [6, 6.07) is 3.95.